The molecule has 2 aromatic carbocycles. The Morgan fingerprint density at radius 3 is 2.38 bits per heavy atom. The zero-order valence-corrected chi connectivity index (χ0v) is 28.5. The van der Waals surface area contributed by atoms with Crippen molar-refractivity contribution in [2.24, 2.45) is 0 Å². The fourth-order valence-corrected chi connectivity index (χ4v) is 6.26. The van der Waals surface area contributed by atoms with Gasteiger partial charge in [-0.15, -0.1) is 0 Å². The highest BCUT2D eigenvalue weighted by molar-refractivity contribution is 6.34. The van der Waals surface area contributed by atoms with Crippen LogP contribution >= 0.6 is 23.2 Å². The van der Waals surface area contributed by atoms with Gasteiger partial charge in [0.1, 0.15) is 30.2 Å². The number of nitrogens with zero attached hydrogens (tertiary/aromatic N) is 2. The number of unbranched alkanes of at least 4 members (excludes halogenated alkanes) is 1. The third kappa shape index (κ3) is 9.05. The number of pyridine rings is 1. The fraction of sp³-hybridized carbons (Fsp3) is 0.500. The molecule has 4 unspecified atom stereocenters. The summed E-state index contributed by atoms with van der Waals surface area (Å²) in [6, 6.07) is 13.8. The maximum Gasteiger partial charge on any atom is 0.222 e. The van der Waals surface area contributed by atoms with Crippen LogP contribution in [0.4, 0.5) is 0 Å². The zero-order chi connectivity index (χ0) is 34.4. The van der Waals surface area contributed by atoms with Crippen molar-refractivity contribution >= 4 is 29.1 Å². The van der Waals surface area contributed by atoms with Crippen LogP contribution in [0.5, 0.6) is 5.75 Å². The number of aromatic nitrogens is 1. The molecule has 0 saturated heterocycles. The van der Waals surface area contributed by atoms with Crippen molar-refractivity contribution in [1.82, 2.24) is 9.88 Å². The largest absolute Gasteiger partial charge is 0.490 e. The van der Waals surface area contributed by atoms with E-state index >= 15 is 0 Å². The van der Waals surface area contributed by atoms with Crippen molar-refractivity contribution < 1.29 is 39.8 Å². The van der Waals surface area contributed by atoms with Crippen molar-refractivity contribution in [2.45, 2.75) is 94.1 Å². The Balaban J connectivity index is 1.13. The molecule has 3 aromatic rings. The van der Waals surface area contributed by atoms with Crippen molar-refractivity contribution in [3.8, 4) is 16.9 Å². The third-order valence-corrected chi connectivity index (χ3v) is 9.73. The van der Waals surface area contributed by atoms with Crippen LogP contribution in [-0.2, 0) is 28.2 Å². The number of para-hydroxylation sites is 1. The van der Waals surface area contributed by atoms with Gasteiger partial charge in [0, 0.05) is 53.6 Å². The molecule has 5 rings (SSSR count). The van der Waals surface area contributed by atoms with Crippen molar-refractivity contribution in [1.29, 1.82) is 0 Å². The molecule has 0 radical (unpaired) electrons. The summed E-state index contributed by atoms with van der Waals surface area (Å²) in [6.45, 7) is -0.734. The van der Waals surface area contributed by atoms with E-state index < -0.39 is 36.6 Å². The Morgan fingerprint density at radius 2 is 1.67 bits per heavy atom. The molecule has 1 aromatic heterocycles. The summed E-state index contributed by atoms with van der Waals surface area (Å²) in [5, 5.41) is 49.5. The lowest BCUT2D eigenvalue weighted by atomic mass is 9.96. The van der Waals surface area contributed by atoms with Gasteiger partial charge in [-0.2, -0.15) is 0 Å². The SMILES string of the molecule is CN(CC(O)C(O)C(O)C(O)CO)C(=O)CCCCc1cc(Cl)c(COC2(c3cnccc3-c3ccccc3OC3CC3)CC2)cc1Cl. The molecule has 0 aliphatic heterocycles. The number of hydrogen-bond acceptors (Lipinski definition) is 9. The first kappa shape index (κ1) is 36.5. The smallest absolute Gasteiger partial charge is 0.222 e. The molecule has 0 bridgehead atoms. The van der Waals surface area contributed by atoms with Gasteiger partial charge in [-0.25, -0.2) is 0 Å². The minimum Gasteiger partial charge on any atom is -0.490 e. The minimum absolute atomic E-state index is 0.202. The van der Waals surface area contributed by atoms with Gasteiger partial charge in [0.2, 0.25) is 5.91 Å². The number of hydrogen-bond donors (Lipinski definition) is 5. The molecule has 2 aliphatic rings. The van der Waals surface area contributed by atoms with Gasteiger partial charge in [-0.3, -0.25) is 9.78 Å². The molecule has 5 N–H and O–H groups in total. The normalized spacial score (nSPS) is 17.8. The van der Waals surface area contributed by atoms with Gasteiger partial charge in [0.05, 0.1) is 24.9 Å². The highest BCUT2D eigenvalue weighted by Gasteiger charge is 2.48. The zero-order valence-electron chi connectivity index (χ0n) is 27.0. The van der Waals surface area contributed by atoms with Crippen molar-refractivity contribution in [3.63, 3.8) is 0 Å². The summed E-state index contributed by atoms with van der Waals surface area (Å²) in [6.07, 6.45) is 3.31. The lowest BCUT2D eigenvalue weighted by molar-refractivity contribution is -0.138. The number of benzene rings is 2. The van der Waals surface area contributed by atoms with Gasteiger partial charge < -0.3 is 39.9 Å². The molecule has 10 nitrogen and oxygen atoms in total. The van der Waals surface area contributed by atoms with E-state index in [9.17, 15) is 25.2 Å². The molecule has 2 fully saturated rings. The molecule has 1 heterocycles. The molecule has 2 saturated carbocycles. The second-order valence-corrected chi connectivity index (χ2v) is 13.6. The second-order valence-electron chi connectivity index (χ2n) is 12.8. The topological polar surface area (TPSA) is 153 Å². The Bertz CT molecular complexity index is 1550. The van der Waals surface area contributed by atoms with Crippen molar-refractivity contribution in [2.75, 3.05) is 20.2 Å². The molecule has 260 valence electrons. The molecule has 12 heteroatoms. The van der Waals surface area contributed by atoms with Crippen LogP contribution in [0.2, 0.25) is 10.0 Å². The van der Waals surface area contributed by atoms with Crippen LogP contribution in [-0.4, -0.2) is 92.0 Å². The number of rotatable bonds is 18. The van der Waals surface area contributed by atoms with E-state index in [1.807, 2.05) is 42.6 Å². The third-order valence-electron chi connectivity index (χ3n) is 9.03. The van der Waals surface area contributed by atoms with Crippen LogP contribution in [0.1, 0.15) is 61.6 Å². The van der Waals surface area contributed by atoms with Gasteiger partial charge >= 0.3 is 0 Å². The average Bonchev–Trinajstić information content (AvgIpc) is 4.04. The second kappa shape index (κ2) is 16.3. The predicted octanol–water partition coefficient (Wildman–Crippen LogP) is 4.41. The number of aryl methyl sites for hydroxylation is 1. The number of halogens is 2. The average molecular weight is 704 g/mol. The minimum atomic E-state index is -1.74. The summed E-state index contributed by atoms with van der Waals surface area (Å²) in [4.78, 5) is 18.3. The fourth-order valence-electron chi connectivity index (χ4n) is 5.74. The summed E-state index contributed by atoms with van der Waals surface area (Å²) in [5.41, 5.74) is 4.28. The number of likely N-dealkylation sites (N-methyl/N-ethyl adjacent to an activating group) is 1. The van der Waals surface area contributed by atoms with Crippen LogP contribution < -0.4 is 4.74 Å². The van der Waals surface area contributed by atoms with Gasteiger partial charge in [-0.1, -0.05) is 41.4 Å². The number of aliphatic hydroxyl groups is 5. The van der Waals surface area contributed by atoms with E-state index in [2.05, 4.69) is 11.1 Å². The lowest BCUT2D eigenvalue weighted by Crippen LogP contribution is -2.49. The number of carbonyl (C=O) groups excluding carboxylic acids is 1. The van der Waals surface area contributed by atoms with Crippen LogP contribution in [0.15, 0.2) is 54.9 Å². The number of amides is 1. The van der Waals surface area contributed by atoms with Gasteiger partial charge in [0.15, 0.2) is 0 Å². The highest BCUT2D eigenvalue weighted by Crippen LogP contribution is 2.53. The number of carbonyl (C=O) groups is 1. The predicted molar refractivity (Wildman–Crippen MR) is 182 cm³/mol. The van der Waals surface area contributed by atoms with E-state index in [4.69, 9.17) is 37.8 Å². The van der Waals surface area contributed by atoms with Crippen molar-refractivity contribution in [3.05, 3.63) is 81.6 Å². The van der Waals surface area contributed by atoms with Crippen LogP contribution in [0.3, 0.4) is 0 Å². The molecular formula is C36H44Cl2N2O8. The summed E-state index contributed by atoms with van der Waals surface area (Å²) < 4.78 is 12.8. The quantitative estimate of drug-likeness (QED) is 0.121. The number of aliphatic hydroxyl groups excluding tert-OH is 5. The van der Waals surface area contributed by atoms with E-state index in [-0.39, 0.29) is 31.6 Å². The number of ether oxygens (including phenoxy) is 2. The van der Waals surface area contributed by atoms with E-state index in [1.54, 1.807) is 6.20 Å². The molecule has 48 heavy (non-hydrogen) atoms. The summed E-state index contributed by atoms with van der Waals surface area (Å²) in [7, 11) is 1.48. The Morgan fingerprint density at radius 1 is 0.979 bits per heavy atom. The van der Waals surface area contributed by atoms with Crippen LogP contribution in [0, 0.1) is 0 Å². The van der Waals surface area contributed by atoms with Gasteiger partial charge in [0.25, 0.3) is 0 Å². The monoisotopic (exact) mass is 702 g/mol. The highest BCUT2D eigenvalue weighted by atomic mass is 35.5. The van der Waals surface area contributed by atoms with Gasteiger partial charge in [-0.05, 0) is 85.9 Å². The molecule has 4 atom stereocenters. The lowest BCUT2D eigenvalue weighted by Gasteiger charge is -2.28. The first-order valence-electron chi connectivity index (χ1n) is 16.4. The maximum absolute atomic E-state index is 12.6. The maximum atomic E-state index is 12.6. The van der Waals surface area contributed by atoms with E-state index in [0.717, 1.165) is 59.3 Å². The first-order chi connectivity index (χ1) is 23.0. The molecule has 2 aliphatic carbocycles. The standard InChI is InChI=1S/C36H44Cl2N2O8/c1-40(19-30(42)34(45)35(46)31(43)20-41)33(44)9-5-2-6-22-16-29(38)23(17-28(22)37)21-47-36(13-14-36)27-18-39-15-12-25(27)26-7-3-4-8-32(26)48-24-10-11-24/h3-4,7-8,12,15-18,24,30-31,34-35,41-43,45-46H,2,5-6,9-11,13-14,19-21H2,1H3. The molecule has 0 spiro atoms. The Kier molecular flexibility index (Phi) is 12.4. The summed E-state index contributed by atoms with van der Waals surface area (Å²) in [5.74, 6) is 0.621. The van der Waals surface area contributed by atoms with Crippen LogP contribution in [0.25, 0.3) is 11.1 Å². The summed E-state index contributed by atoms with van der Waals surface area (Å²) >= 11 is 13.4. The Hall–Kier alpha value is -2.80. The van der Waals surface area contributed by atoms with E-state index in [0.29, 0.717) is 29.3 Å². The first-order valence-corrected chi connectivity index (χ1v) is 17.2. The Labute approximate surface area is 290 Å². The molecular weight excluding hydrogens is 659 g/mol. The molecule has 1 amide bonds. The van der Waals surface area contributed by atoms with E-state index in [1.165, 1.54) is 11.9 Å².